The number of benzene rings is 3. The van der Waals surface area contributed by atoms with Crippen LogP contribution in [0.4, 0.5) is 5.69 Å². The lowest BCUT2D eigenvalue weighted by Gasteiger charge is -2.14. The van der Waals surface area contributed by atoms with Gasteiger partial charge in [0.2, 0.25) is 11.5 Å². The Morgan fingerprint density at radius 2 is 1.62 bits per heavy atom. The first-order valence-electron chi connectivity index (χ1n) is 11.6. The lowest BCUT2D eigenvalue weighted by atomic mass is 10.1. The molecule has 5 aromatic rings. The highest BCUT2D eigenvalue weighted by Crippen LogP contribution is 2.30. The van der Waals surface area contributed by atoms with Crippen molar-refractivity contribution in [3.63, 3.8) is 0 Å². The molecule has 0 unspecified atom stereocenters. The molecule has 188 valence electrons. The molecule has 0 radical (unpaired) electrons. The van der Waals surface area contributed by atoms with Crippen LogP contribution in [0.25, 0.3) is 27.8 Å². The van der Waals surface area contributed by atoms with Crippen LogP contribution in [0.2, 0.25) is 0 Å². The Morgan fingerprint density at radius 1 is 0.919 bits per heavy atom. The molecule has 0 spiro atoms. The van der Waals surface area contributed by atoms with Crippen LogP contribution in [0.5, 0.6) is 11.5 Å². The molecule has 3 aromatic carbocycles. The molecule has 0 fully saturated rings. The summed E-state index contributed by atoms with van der Waals surface area (Å²) in [5, 5.41) is 3.36. The summed E-state index contributed by atoms with van der Waals surface area (Å²) in [5.74, 6) is 0.499. The lowest BCUT2D eigenvalue weighted by molar-refractivity contribution is -0.116. The number of carbonyl (C=O) groups excluding carboxylic acids is 1. The Bertz CT molecular complexity index is 1770. The van der Waals surface area contributed by atoms with E-state index in [9.17, 15) is 14.4 Å². The molecule has 1 N–H and O–H groups in total. The minimum atomic E-state index is -0.642. The number of furan rings is 1. The molecule has 37 heavy (non-hydrogen) atoms. The van der Waals surface area contributed by atoms with E-state index >= 15 is 0 Å². The fourth-order valence-corrected chi connectivity index (χ4v) is 4.56. The average molecular weight is 500 g/mol. The van der Waals surface area contributed by atoms with E-state index in [0.29, 0.717) is 33.8 Å². The van der Waals surface area contributed by atoms with Gasteiger partial charge < -0.3 is 19.2 Å². The number of fused-ring (bicyclic) bond motifs is 3. The van der Waals surface area contributed by atoms with Gasteiger partial charge in [-0.3, -0.25) is 14.2 Å². The van der Waals surface area contributed by atoms with Gasteiger partial charge in [0, 0.05) is 17.1 Å². The summed E-state index contributed by atoms with van der Waals surface area (Å²) in [6.45, 7) is 3.42. The fraction of sp³-hybridized carbons (Fsp3) is 0.179. The van der Waals surface area contributed by atoms with Gasteiger partial charge in [-0.05, 0) is 61.4 Å². The number of nitrogens with zero attached hydrogens (tertiary/aromatic N) is 2. The molecule has 0 aliphatic heterocycles. The Labute approximate surface area is 211 Å². The molecule has 0 aliphatic carbocycles. The van der Waals surface area contributed by atoms with E-state index in [1.807, 2.05) is 19.9 Å². The molecule has 0 saturated heterocycles. The minimum Gasteiger partial charge on any atom is -0.493 e. The van der Waals surface area contributed by atoms with Gasteiger partial charge in [0.15, 0.2) is 11.5 Å². The number of amides is 1. The third kappa shape index (κ3) is 4.24. The van der Waals surface area contributed by atoms with Gasteiger partial charge in [0.1, 0.15) is 17.6 Å². The predicted molar refractivity (Wildman–Crippen MR) is 141 cm³/mol. The summed E-state index contributed by atoms with van der Waals surface area (Å²) in [7, 11) is 3.02. The number of para-hydroxylation sites is 1. The number of carbonyl (C=O) groups is 1. The molecule has 0 bridgehead atoms. The highest BCUT2D eigenvalue weighted by atomic mass is 16.5. The van der Waals surface area contributed by atoms with Crippen LogP contribution in [0.1, 0.15) is 11.1 Å². The number of anilines is 1. The number of nitrogens with one attached hydrogen (secondary N) is 1. The third-order valence-corrected chi connectivity index (χ3v) is 6.09. The summed E-state index contributed by atoms with van der Waals surface area (Å²) >= 11 is 0. The first-order valence-corrected chi connectivity index (χ1v) is 11.6. The van der Waals surface area contributed by atoms with Crippen molar-refractivity contribution in [3.8, 4) is 17.2 Å². The normalized spacial score (nSPS) is 11.1. The van der Waals surface area contributed by atoms with E-state index in [-0.39, 0.29) is 17.6 Å². The number of ether oxygens (including phenoxy) is 2. The lowest BCUT2D eigenvalue weighted by Crippen LogP contribution is -2.40. The van der Waals surface area contributed by atoms with Crippen LogP contribution in [-0.4, -0.2) is 29.3 Å². The zero-order valence-electron chi connectivity index (χ0n) is 20.8. The second-order valence-electron chi connectivity index (χ2n) is 8.75. The molecular weight excluding hydrogens is 474 g/mol. The molecule has 5 rings (SSSR count). The fourth-order valence-electron chi connectivity index (χ4n) is 4.56. The van der Waals surface area contributed by atoms with E-state index in [1.165, 1.54) is 18.8 Å². The van der Waals surface area contributed by atoms with E-state index in [4.69, 9.17) is 13.9 Å². The number of aryl methyl sites for hydroxylation is 2. The molecule has 9 nitrogen and oxygen atoms in total. The van der Waals surface area contributed by atoms with Gasteiger partial charge in [-0.25, -0.2) is 9.36 Å². The van der Waals surface area contributed by atoms with E-state index in [1.54, 1.807) is 54.6 Å². The minimum absolute atomic E-state index is 0.00104. The van der Waals surface area contributed by atoms with Crippen molar-refractivity contribution in [1.82, 2.24) is 9.13 Å². The van der Waals surface area contributed by atoms with Crippen LogP contribution in [-0.2, 0) is 11.3 Å². The molecule has 0 atom stereocenters. The van der Waals surface area contributed by atoms with Gasteiger partial charge in [-0.2, -0.15) is 0 Å². The van der Waals surface area contributed by atoms with Crippen molar-refractivity contribution >= 4 is 33.7 Å². The van der Waals surface area contributed by atoms with Crippen LogP contribution >= 0.6 is 0 Å². The number of methoxy groups -OCH3 is 2. The monoisotopic (exact) mass is 499 g/mol. The largest absolute Gasteiger partial charge is 0.493 e. The number of hydrogen-bond acceptors (Lipinski definition) is 6. The van der Waals surface area contributed by atoms with Gasteiger partial charge in [0.05, 0.1) is 19.9 Å². The number of hydrogen-bond donors (Lipinski definition) is 1. The highest BCUT2D eigenvalue weighted by Gasteiger charge is 2.22. The van der Waals surface area contributed by atoms with Crippen LogP contribution < -0.4 is 26.0 Å². The predicted octanol–water partition coefficient (Wildman–Crippen LogP) is 4.17. The first kappa shape index (κ1) is 23.9. The van der Waals surface area contributed by atoms with E-state index in [0.717, 1.165) is 15.7 Å². The maximum absolute atomic E-state index is 13.8. The average Bonchev–Trinajstić information content (AvgIpc) is 3.26. The Morgan fingerprint density at radius 3 is 2.32 bits per heavy atom. The van der Waals surface area contributed by atoms with E-state index < -0.39 is 17.2 Å². The van der Waals surface area contributed by atoms with Gasteiger partial charge >= 0.3 is 11.2 Å². The van der Waals surface area contributed by atoms with Crippen molar-refractivity contribution in [3.05, 3.63) is 92.6 Å². The molecule has 0 saturated carbocycles. The Hall–Kier alpha value is -4.79. The Kier molecular flexibility index (Phi) is 6.04. The third-order valence-electron chi connectivity index (χ3n) is 6.09. The van der Waals surface area contributed by atoms with Crippen molar-refractivity contribution in [2.45, 2.75) is 20.4 Å². The van der Waals surface area contributed by atoms with Crippen molar-refractivity contribution in [2.24, 2.45) is 0 Å². The molecule has 0 aliphatic rings. The molecule has 2 heterocycles. The second-order valence-corrected chi connectivity index (χ2v) is 8.75. The van der Waals surface area contributed by atoms with Gasteiger partial charge in [-0.15, -0.1) is 0 Å². The summed E-state index contributed by atoms with van der Waals surface area (Å²) < 4.78 is 18.8. The second kappa shape index (κ2) is 9.34. The number of aromatic nitrogens is 2. The van der Waals surface area contributed by atoms with Crippen LogP contribution in [0.3, 0.4) is 0 Å². The summed E-state index contributed by atoms with van der Waals surface area (Å²) in [6, 6.07) is 17.4. The van der Waals surface area contributed by atoms with Crippen molar-refractivity contribution < 1.29 is 18.7 Å². The Balaban J connectivity index is 1.67. The molecular formula is C28H25N3O6. The van der Waals surface area contributed by atoms with Crippen LogP contribution in [0, 0.1) is 13.8 Å². The summed E-state index contributed by atoms with van der Waals surface area (Å²) in [5.41, 5.74) is 2.14. The standard InChI is InChI=1S/C28H25N3O6/c1-16-11-17(2)13-19(12-16)31-27(33)26-25(20-7-5-6-8-21(20)37-26)30(28(31)34)15-24(32)29-18-9-10-22(35-3)23(14-18)36-4/h5-14H,15H2,1-4H3,(H,29,32). The molecule has 9 heteroatoms. The summed E-state index contributed by atoms with van der Waals surface area (Å²) in [4.78, 5) is 40.5. The van der Waals surface area contributed by atoms with Crippen molar-refractivity contribution in [1.29, 1.82) is 0 Å². The molecule has 1 amide bonds. The maximum Gasteiger partial charge on any atom is 0.336 e. The zero-order valence-corrected chi connectivity index (χ0v) is 20.8. The van der Waals surface area contributed by atoms with Gasteiger partial charge in [0.25, 0.3) is 0 Å². The zero-order chi connectivity index (χ0) is 26.3. The van der Waals surface area contributed by atoms with E-state index in [2.05, 4.69) is 5.32 Å². The topological polar surface area (TPSA) is 105 Å². The van der Waals surface area contributed by atoms with Crippen LogP contribution in [0.15, 0.2) is 74.7 Å². The highest BCUT2D eigenvalue weighted by molar-refractivity contribution is 6.03. The van der Waals surface area contributed by atoms with Gasteiger partial charge in [-0.1, -0.05) is 18.2 Å². The first-order chi connectivity index (χ1) is 17.8. The maximum atomic E-state index is 13.8. The summed E-state index contributed by atoms with van der Waals surface area (Å²) in [6.07, 6.45) is 0. The molecule has 2 aromatic heterocycles. The smallest absolute Gasteiger partial charge is 0.336 e. The van der Waals surface area contributed by atoms with Crippen molar-refractivity contribution in [2.75, 3.05) is 19.5 Å². The number of rotatable bonds is 6. The SMILES string of the molecule is COc1ccc(NC(=O)Cn2c(=O)n(-c3cc(C)cc(C)c3)c(=O)c3oc4ccccc4c32)cc1OC. The quantitative estimate of drug-likeness (QED) is 0.376.